The molecule has 0 unspecified atom stereocenters. The molecule has 0 aliphatic heterocycles. The lowest BCUT2D eigenvalue weighted by molar-refractivity contribution is 0.0649. The minimum absolute atomic E-state index is 0.264. The molecule has 0 fully saturated rings. The van der Waals surface area contributed by atoms with E-state index in [1.807, 2.05) is 18.2 Å². The van der Waals surface area contributed by atoms with E-state index in [-0.39, 0.29) is 12.0 Å². The predicted octanol–water partition coefficient (Wildman–Crippen LogP) is 4.47. The van der Waals surface area contributed by atoms with E-state index in [4.69, 9.17) is 4.74 Å². The summed E-state index contributed by atoms with van der Waals surface area (Å²) >= 11 is 0. The average Bonchev–Trinajstić information content (AvgIpc) is 2.52. The van der Waals surface area contributed by atoms with Crippen molar-refractivity contribution in [3.8, 4) is 5.75 Å². The average molecular weight is 290 g/mol. The zero-order valence-electron chi connectivity index (χ0n) is 13.9. The Kier molecular flexibility index (Phi) is 7.52. The molecule has 0 saturated heterocycles. The number of rotatable bonds is 9. The quantitative estimate of drug-likeness (QED) is 0.680. The van der Waals surface area contributed by atoms with Crippen LogP contribution >= 0.6 is 0 Å². The monoisotopic (exact) mass is 290 g/mol. The van der Waals surface area contributed by atoms with Crippen molar-refractivity contribution < 1.29 is 9.84 Å². The van der Waals surface area contributed by atoms with E-state index in [0.717, 1.165) is 18.6 Å². The van der Waals surface area contributed by atoms with Gasteiger partial charge in [0.15, 0.2) is 0 Å². The Hall–Kier alpha value is -1.28. The molecule has 0 aliphatic rings. The van der Waals surface area contributed by atoms with Gasteiger partial charge >= 0.3 is 0 Å². The predicted molar refractivity (Wildman–Crippen MR) is 89.6 cm³/mol. The lowest BCUT2D eigenvalue weighted by Gasteiger charge is -2.32. The van der Waals surface area contributed by atoms with Crippen molar-refractivity contribution in [2.45, 2.75) is 46.1 Å². The fraction of sp³-hybridized carbons (Fsp3) is 0.579. The molecule has 21 heavy (non-hydrogen) atoms. The van der Waals surface area contributed by atoms with Gasteiger partial charge in [-0.1, -0.05) is 45.4 Å². The molecule has 0 aliphatic carbocycles. The fourth-order valence-corrected chi connectivity index (χ4v) is 2.91. The van der Waals surface area contributed by atoms with Gasteiger partial charge in [0.05, 0.1) is 13.2 Å². The number of aliphatic hydroxyl groups is 1. The summed E-state index contributed by atoms with van der Waals surface area (Å²) in [7, 11) is 1.69. The molecule has 0 amide bonds. The molecule has 118 valence electrons. The molecule has 0 radical (unpaired) electrons. The molecule has 1 rings (SSSR count). The van der Waals surface area contributed by atoms with Gasteiger partial charge in [-0.2, -0.15) is 0 Å². The first-order valence-electron chi connectivity index (χ1n) is 7.95. The Balaban J connectivity index is 2.83. The van der Waals surface area contributed by atoms with Crippen LogP contribution in [0.1, 0.15) is 39.2 Å². The molecular formula is C19H30O2. The third kappa shape index (κ3) is 5.20. The Morgan fingerprint density at radius 3 is 2.33 bits per heavy atom. The number of ether oxygens (including phenoxy) is 1. The summed E-state index contributed by atoms with van der Waals surface area (Å²) < 4.78 is 5.21. The van der Waals surface area contributed by atoms with Gasteiger partial charge in [0, 0.05) is 0 Å². The topological polar surface area (TPSA) is 29.5 Å². The van der Waals surface area contributed by atoms with Crippen molar-refractivity contribution in [2.24, 2.45) is 17.8 Å². The van der Waals surface area contributed by atoms with Gasteiger partial charge in [-0.15, -0.1) is 6.58 Å². The number of methoxy groups -OCH3 is 1. The van der Waals surface area contributed by atoms with Gasteiger partial charge in [0.25, 0.3) is 0 Å². The Morgan fingerprint density at radius 2 is 1.86 bits per heavy atom. The smallest absolute Gasteiger partial charge is 0.118 e. The van der Waals surface area contributed by atoms with E-state index >= 15 is 0 Å². The van der Waals surface area contributed by atoms with Crippen LogP contribution in [0, 0.1) is 17.8 Å². The molecular weight excluding hydrogens is 260 g/mol. The summed E-state index contributed by atoms with van der Waals surface area (Å²) in [5.74, 6) is 2.21. The standard InChI is InChI=1S/C19H30O2/c1-6-8-19(20)15(4)18(14(3)7-2)13-16-9-11-17(21-5)12-10-16/h6,9-12,14-15,18-20H,1,7-8,13H2,2-5H3/t14-,15-,18+,19-/m0/s1. The molecule has 0 heterocycles. The van der Waals surface area contributed by atoms with Gasteiger partial charge in [0.1, 0.15) is 5.75 Å². The maximum Gasteiger partial charge on any atom is 0.118 e. The van der Waals surface area contributed by atoms with E-state index in [1.165, 1.54) is 5.56 Å². The molecule has 0 aromatic heterocycles. The van der Waals surface area contributed by atoms with Gasteiger partial charge < -0.3 is 9.84 Å². The van der Waals surface area contributed by atoms with Crippen molar-refractivity contribution in [1.29, 1.82) is 0 Å². The minimum Gasteiger partial charge on any atom is -0.497 e. The highest BCUT2D eigenvalue weighted by molar-refractivity contribution is 5.27. The highest BCUT2D eigenvalue weighted by Crippen LogP contribution is 2.31. The molecule has 0 saturated carbocycles. The van der Waals surface area contributed by atoms with Crippen LogP contribution in [0.4, 0.5) is 0 Å². The molecule has 2 heteroatoms. The minimum atomic E-state index is -0.306. The van der Waals surface area contributed by atoms with E-state index in [9.17, 15) is 5.11 Å². The first-order chi connectivity index (χ1) is 10.0. The van der Waals surface area contributed by atoms with Crippen molar-refractivity contribution in [3.63, 3.8) is 0 Å². The number of aliphatic hydroxyl groups excluding tert-OH is 1. The zero-order chi connectivity index (χ0) is 15.8. The largest absolute Gasteiger partial charge is 0.497 e. The Labute approximate surface area is 129 Å². The summed E-state index contributed by atoms with van der Waals surface area (Å²) in [5.41, 5.74) is 1.30. The van der Waals surface area contributed by atoms with Crippen molar-refractivity contribution in [3.05, 3.63) is 42.5 Å². The van der Waals surface area contributed by atoms with Gasteiger partial charge in [-0.05, 0) is 48.3 Å². The van der Waals surface area contributed by atoms with Gasteiger partial charge in [-0.25, -0.2) is 0 Å². The van der Waals surface area contributed by atoms with E-state index in [2.05, 4.69) is 39.5 Å². The van der Waals surface area contributed by atoms with Crippen LogP contribution in [0.2, 0.25) is 0 Å². The van der Waals surface area contributed by atoms with E-state index in [0.29, 0.717) is 18.3 Å². The summed E-state index contributed by atoms with van der Waals surface area (Å²) in [6.07, 6.45) is 4.29. The van der Waals surface area contributed by atoms with Crippen molar-refractivity contribution >= 4 is 0 Å². The van der Waals surface area contributed by atoms with Crippen LogP contribution in [0.25, 0.3) is 0 Å². The van der Waals surface area contributed by atoms with E-state index in [1.54, 1.807) is 7.11 Å². The lowest BCUT2D eigenvalue weighted by atomic mass is 9.75. The van der Waals surface area contributed by atoms with Gasteiger partial charge in [0.2, 0.25) is 0 Å². The first-order valence-corrected chi connectivity index (χ1v) is 7.95. The summed E-state index contributed by atoms with van der Waals surface area (Å²) in [6, 6.07) is 8.27. The number of hydrogen-bond donors (Lipinski definition) is 1. The maximum absolute atomic E-state index is 10.3. The SMILES string of the molecule is C=CC[C@H](O)[C@@H](C)[C@H](Cc1ccc(OC)cc1)[C@@H](C)CC. The fourth-order valence-electron chi connectivity index (χ4n) is 2.91. The Bertz CT molecular complexity index is 410. The first kappa shape index (κ1) is 17.8. The van der Waals surface area contributed by atoms with Crippen LogP contribution in [0.3, 0.4) is 0 Å². The molecule has 4 atom stereocenters. The number of benzene rings is 1. The number of hydrogen-bond acceptors (Lipinski definition) is 2. The second-order valence-corrected chi connectivity index (χ2v) is 6.05. The second-order valence-electron chi connectivity index (χ2n) is 6.05. The normalized spacial score (nSPS) is 16.8. The molecule has 1 aromatic rings. The van der Waals surface area contributed by atoms with Crippen LogP contribution in [0.15, 0.2) is 36.9 Å². The summed E-state index contributed by atoms with van der Waals surface area (Å²) in [4.78, 5) is 0. The highest BCUT2D eigenvalue weighted by Gasteiger charge is 2.27. The van der Waals surface area contributed by atoms with Crippen LogP contribution in [-0.4, -0.2) is 18.3 Å². The molecule has 0 bridgehead atoms. The third-order valence-electron chi connectivity index (χ3n) is 4.70. The molecule has 2 nitrogen and oxygen atoms in total. The van der Waals surface area contributed by atoms with E-state index < -0.39 is 0 Å². The van der Waals surface area contributed by atoms with Crippen LogP contribution in [-0.2, 0) is 6.42 Å². The molecule has 1 aromatic carbocycles. The van der Waals surface area contributed by atoms with Crippen molar-refractivity contribution in [1.82, 2.24) is 0 Å². The third-order valence-corrected chi connectivity index (χ3v) is 4.70. The lowest BCUT2D eigenvalue weighted by Crippen LogP contribution is -2.30. The zero-order valence-corrected chi connectivity index (χ0v) is 13.9. The maximum atomic E-state index is 10.3. The molecule has 0 spiro atoms. The summed E-state index contributed by atoms with van der Waals surface area (Å²) in [5, 5.41) is 10.3. The summed E-state index contributed by atoms with van der Waals surface area (Å²) in [6.45, 7) is 10.4. The highest BCUT2D eigenvalue weighted by atomic mass is 16.5. The van der Waals surface area contributed by atoms with Gasteiger partial charge in [-0.3, -0.25) is 0 Å². The van der Waals surface area contributed by atoms with Crippen LogP contribution < -0.4 is 4.74 Å². The molecule has 1 N–H and O–H groups in total. The van der Waals surface area contributed by atoms with Crippen LogP contribution in [0.5, 0.6) is 5.75 Å². The second kappa shape index (κ2) is 8.89. The Morgan fingerprint density at radius 1 is 1.24 bits per heavy atom. The van der Waals surface area contributed by atoms with Crippen molar-refractivity contribution in [2.75, 3.05) is 7.11 Å².